The zero-order valence-electron chi connectivity index (χ0n) is 9.41. The van der Waals surface area contributed by atoms with Gasteiger partial charge in [-0.1, -0.05) is 43.6 Å². The molecule has 2 unspecified atom stereocenters. The highest BCUT2D eigenvalue weighted by Gasteiger charge is 2.23. The maximum absolute atomic E-state index is 6.14. The van der Waals surface area contributed by atoms with Gasteiger partial charge in [-0.05, 0) is 17.5 Å². The van der Waals surface area contributed by atoms with Crippen molar-refractivity contribution >= 4 is 11.6 Å². The van der Waals surface area contributed by atoms with E-state index in [9.17, 15) is 0 Å². The highest BCUT2D eigenvalue weighted by atomic mass is 35.5. The van der Waals surface area contributed by atoms with E-state index in [4.69, 9.17) is 22.1 Å². The number of methoxy groups -OCH3 is 1. The van der Waals surface area contributed by atoms with Gasteiger partial charge in [0, 0.05) is 12.1 Å². The number of benzene rings is 1. The van der Waals surface area contributed by atoms with Crippen molar-refractivity contribution in [2.24, 2.45) is 11.7 Å². The standard InChI is InChI=1S/C12H18ClNO/c1-8(2)12(15-3)11(14)9-6-4-5-7-10(9)13/h4-8,11-12H,14H2,1-3H3. The van der Waals surface area contributed by atoms with E-state index >= 15 is 0 Å². The van der Waals surface area contributed by atoms with Gasteiger partial charge in [-0.2, -0.15) is 0 Å². The van der Waals surface area contributed by atoms with Crippen molar-refractivity contribution in [1.29, 1.82) is 0 Å². The molecular weight excluding hydrogens is 210 g/mol. The Morgan fingerprint density at radius 2 is 1.87 bits per heavy atom. The zero-order chi connectivity index (χ0) is 11.4. The van der Waals surface area contributed by atoms with Gasteiger partial charge in [0.2, 0.25) is 0 Å². The van der Waals surface area contributed by atoms with Gasteiger partial charge in [-0.25, -0.2) is 0 Å². The third-order valence-corrected chi connectivity index (χ3v) is 2.89. The number of hydrogen-bond acceptors (Lipinski definition) is 2. The average molecular weight is 228 g/mol. The molecule has 0 amide bonds. The molecule has 1 aromatic carbocycles. The quantitative estimate of drug-likeness (QED) is 0.858. The smallest absolute Gasteiger partial charge is 0.0787 e. The van der Waals surface area contributed by atoms with Gasteiger partial charge in [-0.3, -0.25) is 0 Å². The van der Waals surface area contributed by atoms with Crippen LogP contribution in [-0.2, 0) is 4.74 Å². The van der Waals surface area contributed by atoms with Gasteiger partial charge in [0.25, 0.3) is 0 Å². The van der Waals surface area contributed by atoms with Crippen LogP contribution in [0.15, 0.2) is 24.3 Å². The fourth-order valence-electron chi connectivity index (χ4n) is 1.76. The lowest BCUT2D eigenvalue weighted by molar-refractivity contribution is 0.0437. The molecule has 0 fully saturated rings. The van der Waals surface area contributed by atoms with E-state index in [0.717, 1.165) is 5.56 Å². The van der Waals surface area contributed by atoms with Gasteiger partial charge < -0.3 is 10.5 Å². The molecule has 84 valence electrons. The van der Waals surface area contributed by atoms with Gasteiger partial charge in [0.05, 0.1) is 12.1 Å². The van der Waals surface area contributed by atoms with Gasteiger partial charge in [0.1, 0.15) is 0 Å². The van der Waals surface area contributed by atoms with Crippen molar-refractivity contribution in [3.8, 4) is 0 Å². The second kappa shape index (κ2) is 5.50. The summed E-state index contributed by atoms with van der Waals surface area (Å²) < 4.78 is 5.40. The fraction of sp³-hybridized carbons (Fsp3) is 0.500. The third kappa shape index (κ3) is 2.94. The van der Waals surface area contributed by atoms with Crippen molar-refractivity contribution < 1.29 is 4.74 Å². The minimum atomic E-state index is -0.177. The summed E-state index contributed by atoms with van der Waals surface area (Å²) in [5, 5.41) is 0.702. The number of nitrogens with two attached hydrogens (primary N) is 1. The highest BCUT2D eigenvalue weighted by Crippen LogP contribution is 2.27. The molecule has 0 aliphatic carbocycles. The lowest BCUT2D eigenvalue weighted by Gasteiger charge is -2.26. The first-order valence-corrected chi connectivity index (χ1v) is 5.48. The molecule has 2 N–H and O–H groups in total. The first kappa shape index (κ1) is 12.5. The van der Waals surface area contributed by atoms with Crippen molar-refractivity contribution in [1.82, 2.24) is 0 Å². The highest BCUT2D eigenvalue weighted by molar-refractivity contribution is 6.31. The van der Waals surface area contributed by atoms with Crippen LogP contribution in [0.25, 0.3) is 0 Å². The van der Waals surface area contributed by atoms with E-state index in [1.807, 2.05) is 24.3 Å². The summed E-state index contributed by atoms with van der Waals surface area (Å²) >= 11 is 6.09. The molecule has 0 heterocycles. The number of halogens is 1. The summed E-state index contributed by atoms with van der Waals surface area (Å²) in [5.74, 6) is 0.362. The maximum atomic E-state index is 6.14. The van der Waals surface area contributed by atoms with Gasteiger partial charge in [0.15, 0.2) is 0 Å². The van der Waals surface area contributed by atoms with Crippen LogP contribution in [0.2, 0.25) is 5.02 Å². The van der Waals surface area contributed by atoms with E-state index in [0.29, 0.717) is 10.9 Å². The lowest BCUT2D eigenvalue weighted by atomic mass is 9.94. The maximum Gasteiger partial charge on any atom is 0.0787 e. The molecule has 2 nitrogen and oxygen atoms in total. The van der Waals surface area contributed by atoms with Crippen molar-refractivity contribution in [3.05, 3.63) is 34.9 Å². The fourth-order valence-corrected chi connectivity index (χ4v) is 2.02. The van der Waals surface area contributed by atoms with Crippen LogP contribution in [0.5, 0.6) is 0 Å². The molecule has 0 bridgehead atoms. The first-order valence-electron chi connectivity index (χ1n) is 5.10. The molecule has 1 aromatic rings. The van der Waals surface area contributed by atoms with Crippen molar-refractivity contribution in [2.75, 3.05) is 7.11 Å². The Balaban J connectivity index is 2.92. The Morgan fingerprint density at radius 1 is 1.27 bits per heavy atom. The topological polar surface area (TPSA) is 35.2 Å². The lowest BCUT2D eigenvalue weighted by Crippen LogP contribution is -2.32. The minimum absolute atomic E-state index is 0.00935. The minimum Gasteiger partial charge on any atom is -0.379 e. The Bertz CT molecular complexity index is 314. The van der Waals surface area contributed by atoms with Crippen LogP contribution in [0.3, 0.4) is 0 Å². The first-order chi connectivity index (χ1) is 7.07. The molecular formula is C12H18ClNO. The van der Waals surface area contributed by atoms with Crippen LogP contribution in [0.1, 0.15) is 25.5 Å². The zero-order valence-corrected chi connectivity index (χ0v) is 10.2. The molecule has 0 spiro atoms. The average Bonchev–Trinajstić information content (AvgIpc) is 2.18. The van der Waals surface area contributed by atoms with Crippen LogP contribution in [0.4, 0.5) is 0 Å². The van der Waals surface area contributed by atoms with E-state index in [1.54, 1.807) is 7.11 Å². The molecule has 0 aliphatic heterocycles. The summed E-state index contributed by atoms with van der Waals surface area (Å²) in [7, 11) is 1.68. The molecule has 0 saturated heterocycles. The van der Waals surface area contributed by atoms with Gasteiger partial charge in [-0.15, -0.1) is 0 Å². The van der Waals surface area contributed by atoms with E-state index in [-0.39, 0.29) is 12.1 Å². The second-order valence-electron chi connectivity index (χ2n) is 3.99. The predicted octanol–water partition coefficient (Wildman–Crippen LogP) is 3.01. The Kier molecular flexibility index (Phi) is 4.58. The van der Waals surface area contributed by atoms with Crippen molar-refractivity contribution in [2.45, 2.75) is 26.0 Å². The van der Waals surface area contributed by atoms with Crippen molar-refractivity contribution in [3.63, 3.8) is 0 Å². The summed E-state index contributed by atoms with van der Waals surface area (Å²) in [6, 6.07) is 7.46. The largest absolute Gasteiger partial charge is 0.379 e. The molecule has 0 aromatic heterocycles. The number of hydrogen-bond donors (Lipinski definition) is 1. The van der Waals surface area contributed by atoms with E-state index in [1.165, 1.54) is 0 Å². The molecule has 2 atom stereocenters. The molecule has 0 aliphatic rings. The third-order valence-electron chi connectivity index (χ3n) is 2.55. The Labute approximate surface area is 96.4 Å². The van der Waals surface area contributed by atoms with E-state index in [2.05, 4.69) is 13.8 Å². The monoisotopic (exact) mass is 227 g/mol. The molecule has 0 saturated carbocycles. The molecule has 15 heavy (non-hydrogen) atoms. The van der Waals surface area contributed by atoms with Crippen LogP contribution in [0, 0.1) is 5.92 Å². The predicted molar refractivity (Wildman–Crippen MR) is 64.0 cm³/mol. The normalized spacial score (nSPS) is 15.3. The van der Waals surface area contributed by atoms with Crippen LogP contribution in [-0.4, -0.2) is 13.2 Å². The molecule has 1 rings (SSSR count). The molecule has 3 heteroatoms. The second-order valence-corrected chi connectivity index (χ2v) is 4.40. The molecule has 0 radical (unpaired) electrons. The SMILES string of the molecule is COC(C(C)C)C(N)c1ccccc1Cl. The van der Waals surface area contributed by atoms with Crippen LogP contribution >= 0.6 is 11.6 Å². The summed E-state index contributed by atoms with van der Waals surface area (Å²) in [6.07, 6.45) is -0.00935. The Hall–Kier alpha value is -0.570. The van der Waals surface area contributed by atoms with Gasteiger partial charge >= 0.3 is 0 Å². The van der Waals surface area contributed by atoms with Crippen LogP contribution < -0.4 is 5.73 Å². The number of rotatable bonds is 4. The summed E-state index contributed by atoms with van der Waals surface area (Å²) in [5.41, 5.74) is 7.09. The summed E-state index contributed by atoms with van der Waals surface area (Å²) in [4.78, 5) is 0. The summed E-state index contributed by atoms with van der Waals surface area (Å²) in [6.45, 7) is 4.18. The van der Waals surface area contributed by atoms with E-state index < -0.39 is 0 Å². The Morgan fingerprint density at radius 3 is 2.33 bits per heavy atom. The number of ether oxygens (including phenoxy) is 1.